The van der Waals surface area contributed by atoms with Crippen LogP contribution in [0.3, 0.4) is 0 Å². The monoisotopic (exact) mass is 241 g/mol. The van der Waals surface area contributed by atoms with Gasteiger partial charge in [0.2, 0.25) is 0 Å². The van der Waals surface area contributed by atoms with Gasteiger partial charge in [-0.2, -0.15) is 0 Å². The molecule has 0 bridgehead atoms. The Kier molecular flexibility index (Phi) is 4.04. The molecular weight excluding hydrogens is 226 g/mol. The Morgan fingerprint density at radius 3 is 3.06 bits per heavy atom. The van der Waals surface area contributed by atoms with E-state index in [2.05, 4.69) is 5.32 Å². The summed E-state index contributed by atoms with van der Waals surface area (Å²) in [5.74, 6) is 0.747. The average molecular weight is 242 g/mol. The van der Waals surface area contributed by atoms with Gasteiger partial charge >= 0.3 is 0 Å². The van der Waals surface area contributed by atoms with Crippen LogP contribution in [0.5, 0.6) is 5.75 Å². The lowest BCUT2D eigenvalue weighted by molar-refractivity contribution is 0.141. The van der Waals surface area contributed by atoms with Gasteiger partial charge in [0, 0.05) is 13.0 Å². The summed E-state index contributed by atoms with van der Waals surface area (Å²) in [6.45, 7) is 2.25. The van der Waals surface area contributed by atoms with Gasteiger partial charge in [0.1, 0.15) is 11.9 Å². The second-order valence-electron chi connectivity index (χ2n) is 3.90. The summed E-state index contributed by atoms with van der Waals surface area (Å²) in [6, 6.07) is 5.88. The summed E-state index contributed by atoms with van der Waals surface area (Å²) in [4.78, 5) is 0. The molecule has 0 amide bonds. The number of benzene rings is 1. The van der Waals surface area contributed by atoms with Crippen molar-refractivity contribution in [3.63, 3.8) is 0 Å². The molecule has 88 valence electrons. The van der Waals surface area contributed by atoms with E-state index in [1.807, 2.05) is 25.2 Å². The molecule has 0 aliphatic carbocycles. The van der Waals surface area contributed by atoms with E-state index in [0.717, 1.165) is 30.9 Å². The van der Waals surface area contributed by atoms with Gasteiger partial charge in [-0.25, -0.2) is 0 Å². The van der Waals surface area contributed by atoms with Crippen LogP contribution in [0.4, 0.5) is 0 Å². The van der Waals surface area contributed by atoms with Crippen molar-refractivity contribution >= 4 is 11.6 Å². The minimum absolute atomic E-state index is 0.146. The van der Waals surface area contributed by atoms with Gasteiger partial charge in [-0.3, -0.25) is 0 Å². The zero-order chi connectivity index (χ0) is 11.4. The van der Waals surface area contributed by atoms with Crippen LogP contribution < -0.4 is 10.1 Å². The molecule has 0 radical (unpaired) electrons. The number of rotatable bonds is 4. The van der Waals surface area contributed by atoms with Gasteiger partial charge in [0.15, 0.2) is 0 Å². The molecule has 1 saturated heterocycles. The SMILES string of the molecule is CNCc1ccc(OC2CCOC2)c(Cl)c1. The molecule has 1 heterocycles. The number of hydrogen-bond acceptors (Lipinski definition) is 3. The first-order chi connectivity index (χ1) is 7.79. The van der Waals surface area contributed by atoms with Crippen LogP contribution in [0.15, 0.2) is 18.2 Å². The van der Waals surface area contributed by atoms with Crippen LogP contribution in [-0.4, -0.2) is 26.4 Å². The van der Waals surface area contributed by atoms with Crippen molar-refractivity contribution in [3.8, 4) is 5.75 Å². The molecule has 1 fully saturated rings. The smallest absolute Gasteiger partial charge is 0.138 e. The minimum atomic E-state index is 0.146. The highest BCUT2D eigenvalue weighted by Gasteiger charge is 2.18. The predicted molar refractivity (Wildman–Crippen MR) is 64.1 cm³/mol. The summed E-state index contributed by atoms with van der Waals surface area (Å²) in [7, 11) is 1.91. The molecule has 3 nitrogen and oxygen atoms in total. The van der Waals surface area contributed by atoms with Crippen LogP contribution in [-0.2, 0) is 11.3 Å². The fourth-order valence-corrected chi connectivity index (χ4v) is 1.99. The van der Waals surface area contributed by atoms with E-state index < -0.39 is 0 Å². The van der Waals surface area contributed by atoms with Crippen LogP contribution in [0, 0.1) is 0 Å². The number of ether oxygens (including phenoxy) is 2. The molecule has 1 N–H and O–H groups in total. The Balaban J connectivity index is 2.03. The summed E-state index contributed by atoms with van der Waals surface area (Å²) < 4.78 is 11.0. The van der Waals surface area contributed by atoms with Crippen molar-refractivity contribution in [2.24, 2.45) is 0 Å². The Hall–Kier alpha value is -0.770. The molecule has 1 aliphatic rings. The van der Waals surface area contributed by atoms with Gasteiger partial charge in [0.25, 0.3) is 0 Å². The molecule has 4 heteroatoms. The third-order valence-electron chi connectivity index (χ3n) is 2.56. The second-order valence-corrected chi connectivity index (χ2v) is 4.31. The van der Waals surface area contributed by atoms with E-state index in [1.54, 1.807) is 0 Å². The van der Waals surface area contributed by atoms with Gasteiger partial charge in [-0.15, -0.1) is 0 Å². The summed E-state index contributed by atoms with van der Waals surface area (Å²) >= 11 is 6.15. The summed E-state index contributed by atoms with van der Waals surface area (Å²) in [5.41, 5.74) is 1.16. The molecular formula is C12H16ClNO2. The molecule has 0 aromatic heterocycles. The first-order valence-electron chi connectivity index (χ1n) is 5.47. The third kappa shape index (κ3) is 2.88. The van der Waals surface area contributed by atoms with Gasteiger partial charge in [0.05, 0.1) is 18.2 Å². The van der Waals surface area contributed by atoms with E-state index in [0.29, 0.717) is 11.6 Å². The van der Waals surface area contributed by atoms with E-state index in [-0.39, 0.29) is 6.10 Å². The number of nitrogens with one attached hydrogen (secondary N) is 1. The molecule has 16 heavy (non-hydrogen) atoms. The molecule has 0 saturated carbocycles. The fourth-order valence-electron chi connectivity index (χ4n) is 1.74. The van der Waals surface area contributed by atoms with Gasteiger partial charge in [-0.1, -0.05) is 17.7 Å². The Morgan fingerprint density at radius 2 is 2.44 bits per heavy atom. The van der Waals surface area contributed by atoms with Crippen LogP contribution in [0.25, 0.3) is 0 Å². The quantitative estimate of drug-likeness (QED) is 0.877. The normalized spacial score (nSPS) is 20.0. The maximum Gasteiger partial charge on any atom is 0.138 e. The highest BCUT2D eigenvalue weighted by molar-refractivity contribution is 6.32. The fraction of sp³-hybridized carbons (Fsp3) is 0.500. The predicted octanol–water partition coefficient (Wildman–Crippen LogP) is 2.23. The highest BCUT2D eigenvalue weighted by atomic mass is 35.5. The second kappa shape index (κ2) is 5.53. The maximum atomic E-state index is 6.15. The molecule has 0 spiro atoms. The highest BCUT2D eigenvalue weighted by Crippen LogP contribution is 2.27. The van der Waals surface area contributed by atoms with E-state index in [9.17, 15) is 0 Å². The Labute approximate surface area is 101 Å². The number of halogens is 1. The van der Waals surface area contributed by atoms with Gasteiger partial charge < -0.3 is 14.8 Å². The lowest BCUT2D eigenvalue weighted by Gasteiger charge is -2.13. The zero-order valence-corrected chi connectivity index (χ0v) is 10.1. The van der Waals surface area contributed by atoms with Crippen molar-refractivity contribution < 1.29 is 9.47 Å². The molecule has 1 aromatic carbocycles. The maximum absolute atomic E-state index is 6.15. The molecule has 1 atom stereocenters. The lowest BCUT2D eigenvalue weighted by atomic mass is 10.2. The zero-order valence-electron chi connectivity index (χ0n) is 9.33. The lowest BCUT2D eigenvalue weighted by Crippen LogP contribution is -2.16. The topological polar surface area (TPSA) is 30.5 Å². The molecule has 1 unspecified atom stereocenters. The van der Waals surface area contributed by atoms with Crippen LogP contribution in [0.2, 0.25) is 5.02 Å². The first-order valence-corrected chi connectivity index (χ1v) is 5.85. The van der Waals surface area contributed by atoms with Crippen molar-refractivity contribution in [1.29, 1.82) is 0 Å². The Bertz CT molecular complexity index is 351. The van der Waals surface area contributed by atoms with Crippen LogP contribution >= 0.6 is 11.6 Å². The third-order valence-corrected chi connectivity index (χ3v) is 2.85. The average Bonchev–Trinajstić information content (AvgIpc) is 2.75. The van der Waals surface area contributed by atoms with Crippen molar-refractivity contribution in [2.75, 3.05) is 20.3 Å². The summed E-state index contributed by atoms with van der Waals surface area (Å²) in [6.07, 6.45) is 1.09. The molecule has 1 aliphatic heterocycles. The minimum Gasteiger partial charge on any atom is -0.486 e. The van der Waals surface area contributed by atoms with E-state index in [1.165, 1.54) is 0 Å². The van der Waals surface area contributed by atoms with Gasteiger partial charge in [-0.05, 0) is 24.7 Å². The van der Waals surface area contributed by atoms with E-state index in [4.69, 9.17) is 21.1 Å². The number of hydrogen-bond donors (Lipinski definition) is 1. The Morgan fingerprint density at radius 1 is 1.56 bits per heavy atom. The summed E-state index contributed by atoms with van der Waals surface area (Å²) in [5, 5.41) is 3.75. The molecule has 2 rings (SSSR count). The van der Waals surface area contributed by atoms with Crippen molar-refractivity contribution in [2.45, 2.75) is 19.1 Å². The van der Waals surface area contributed by atoms with Crippen molar-refractivity contribution in [1.82, 2.24) is 5.32 Å². The van der Waals surface area contributed by atoms with E-state index >= 15 is 0 Å². The van der Waals surface area contributed by atoms with Crippen LogP contribution in [0.1, 0.15) is 12.0 Å². The molecule has 1 aromatic rings. The van der Waals surface area contributed by atoms with Crippen molar-refractivity contribution in [3.05, 3.63) is 28.8 Å². The largest absolute Gasteiger partial charge is 0.486 e. The first kappa shape index (κ1) is 11.7. The standard InChI is InChI=1S/C12H16ClNO2/c1-14-7-9-2-3-12(11(13)6-9)16-10-4-5-15-8-10/h2-3,6,10,14H,4-5,7-8H2,1H3.